The Morgan fingerprint density at radius 3 is 2.41 bits per heavy atom. The van der Waals surface area contributed by atoms with E-state index in [-0.39, 0.29) is 0 Å². The lowest BCUT2D eigenvalue weighted by atomic mass is 9.94. The van der Waals surface area contributed by atoms with Crippen LogP contribution >= 0.6 is 22.9 Å². The molecule has 0 fully saturated rings. The largest absolute Gasteiger partial charge is 0.245 e. The lowest BCUT2D eigenvalue weighted by Gasteiger charge is -2.11. The quantitative estimate of drug-likeness (QED) is 0.452. The SMILES string of the molecule is Clc1ccc2scnc2c1.c1cc2cc(c1)C2. The van der Waals surface area contributed by atoms with Crippen LogP contribution in [-0.2, 0) is 6.42 Å². The molecule has 84 valence electrons. The molecule has 0 saturated heterocycles. The van der Waals surface area contributed by atoms with Gasteiger partial charge in [0.1, 0.15) is 0 Å². The van der Waals surface area contributed by atoms with Gasteiger partial charge in [0.2, 0.25) is 0 Å². The van der Waals surface area contributed by atoms with E-state index in [9.17, 15) is 0 Å². The zero-order valence-corrected chi connectivity index (χ0v) is 10.6. The van der Waals surface area contributed by atoms with E-state index in [1.54, 1.807) is 11.3 Å². The molecule has 2 aromatic carbocycles. The second-order valence-electron chi connectivity index (χ2n) is 3.96. The molecule has 1 nitrogen and oxygen atoms in total. The minimum Gasteiger partial charge on any atom is -0.245 e. The van der Waals surface area contributed by atoms with Crippen molar-refractivity contribution in [3.05, 3.63) is 64.1 Å². The summed E-state index contributed by atoms with van der Waals surface area (Å²) in [5.74, 6) is 0. The Balaban J connectivity index is 0.000000113. The van der Waals surface area contributed by atoms with Crippen LogP contribution in [-0.4, -0.2) is 4.98 Å². The van der Waals surface area contributed by atoms with Crippen LogP contribution in [0.5, 0.6) is 0 Å². The van der Waals surface area contributed by atoms with Crippen LogP contribution < -0.4 is 0 Å². The van der Waals surface area contributed by atoms with Gasteiger partial charge in [0.15, 0.2) is 0 Å². The molecule has 0 amide bonds. The van der Waals surface area contributed by atoms with E-state index in [0.717, 1.165) is 10.5 Å². The summed E-state index contributed by atoms with van der Waals surface area (Å²) in [6.07, 6.45) is 1.22. The molecule has 0 aliphatic heterocycles. The summed E-state index contributed by atoms with van der Waals surface area (Å²) in [4.78, 5) is 4.11. The highest BCUT2D eigenvalue weighted by Gasteiger charge is 2.04. The van der Waals surface area contributed by atoms with Crippen LogP contribution in [0.15, 0.2) is 48.0 Å². The Kier molecular flexibility index (Phi) is 2.83. The van der Waals surface area contributed by atoms with Gasteiger partial charge < -0.3 is 0 Å². The fourth-order valence-corrected chi connectivity index (χ4v) is 2.61. The molecule has 0 saturated carbocycles. The second-order valence-corrected chi connectivity index (χ2v) is 5.28. The molecule has 2 aliphatic rings. The summed E-state index contributed by atoms with van der Waals surface area (Å²) >= 11 is 7.37. The minimum absolute atomic E-state index is 0.749. The maximum absolute atomic E-state index is 5.74. The number of fused-ring (bicyclic) bond motifs is 3. The summed E-state index contributed by atoms with van der Waals surface area (Å²) in [5.41, 5.74) is 5.77. The zero-order valence-electron chi connectivity index (χ0n) is 9.06. The molecule has 2 aliphatic carbocycles. The first-order chi connectivity index (χ1) is 8.31. The molecule has 1 aromatic heterocycles. The Bertz CT molecular complexity index is 635. The predicted octanol–water partition coefficient (Wildman–Crippen LogP) is 4.54. The lowest BCUT2D eigenvalue weighted by molar-refractivity contribution is 1.09. The molecule has 0 unspecified atom stereocenters. The number of hydrogen-bond donors (Lipinski definition) is 0. The van der Waals surface area contributed by atoms with E-state index < -0.39 is 0 Å². The van der Waals surface area contributed by atoms with Crippen LogP contribution in [0.2, 0.25) is 5.02 Å². The molecule has 3 aromatic rings. The van der Waals surface area contributed by atoms with Gasteiger partial charge in [-0.05, 0) is 35.7 Å². The number of benzene rings is 2. The summed E-state index contributed by atoms with van der Waals surface area (Å²) in [6.45, 7) is 0. The molecule has 0 N–H and O–H groups in total. The van der Waals surface area contributed by atoms with Crippen molar-refractivity contribution >= 4 is 33.2 Å². The third-order valence-electron chi connectivity index (χ3n) is 2.69. The van der Waals surface area contributed by atoms with E-state index in [0.29, 0.717) is 0 Å². The van der Waals surface area contributed by atoms with Crippen molar-refractivity contribution in [3.8, 4) is 0 Å². The summed E-state index contributed by atoms with van der Waals surface area (Å²) in [5, 5.41) is 0.749. The van der Waals surface area contributed by atoms with Crippen LogP contribution in [0, 0.1) is 0 Å². The molecular formula is C14H10ClNS. The molecule has 3 heteroatoms. The molecule has 1 heterocycles. The van der Waals surface area contributed by atoms with Crippen molar-refractivity contribution in [1.82, 2.24) is 4.98 Å². The number of nitrogens with zero attached hydrogens (tertiary/aromatic N) is 1. The maximum atomic E-state index is 5.74. The van der Waals surface area contributed by atoms with Gasteiger partial charge in [0.25, 0.3) is 0 Å². The molecule has 0 spiro atoms. The van der Waals surface area contributed by atoms with E-state index in [1.165, 1.54) is 22.2 Å². The number of thiazole rings is 1. The van der Waals surface area contributed by atoms with Crippen molar-refractivity contribution in [2.45, 2.75) is 6.42 Å². The highest BCUT2D eigenvalue weighted by atomic mass is 35.5. The molecule has 2 bridgehead atoms. The summed E-state index contributed by atoms with van der Waals surface area (Å²) in [7, 11) is 0. The monoisotopic (exact) mass is 259 g/mol. The predicted molar refractivity (Wildman–Crippen MR) is 73.9 cm³/mol. The Morgan fingerprint density at radius 2 is 1.82 bits per heavy atom. The zero-order chi connectivity index (χ0) is 11.7. The first-order valence-corrected chi connectivity index (χ1v) is 6.63. The first-order valence-electron chi connectivity index (χ1n) is 5.38. The summed E-state index contributed by atoms with van der Waals surface area (Å²) in [6, 6.07) is 14.4. The normalized spacial score (nSPS) is 11.6. The highest BCUT2D eigenvalue weighted by molar-refractivity contribution is 7.16. The number of aromatic nitrogens is 1. The minimum atomic E-state index is 0.749. The van der Waals surface area contributed by atoms with Gasteiger partial charge in [-0.15, -0.1) is 11.3 Å². The molecule has 17 heavy (non-hydrogen) atoms. The summed E-state index contributed by atoms with van der Waals surface area (Å²) < 4.78 is 1.18. The van der Waals surface area contributed by atoms with Gasteiger partial charge in [-0.25, -0.2) is 4.98 Å². The second kappa shape index (κ2) is 4.47. The van der Waals surface area contributed by atoms with Gasteiger partial charge in [-0.2, -0.15) is 0 Å². The van der Waals surface area contributed by atoms with E-state index in [4.69, 9.17) is 11.6 Å². The third kappa shape index (κ3) is 2.33. The Labute approximate surface area is 109 Å². The Morgan fingerprint density at radius 1 is 1.06 bits per heavy atom. The van der Waals surface area contributed by atoms with Gasteiger partial charge in [0.05, 0.1) is 15.7 Å². The third-order valence-corrected chi connectivity index (χ3v) is 3.74. The number of hydrogen-bond acceptors (Lipinski definition) is 2. The van der Waals surface area contributed by atoms with Gasteiger partial charge in [-0.3, -0.25) is 0 Å². The van der Waals surface area contributed by atoms with Crippen molar-refractivity contribution in [1.29, 1.82) is 0 Å². The number of halogens is 1. The molecule has 5 rings (SSSR count). The molecular weight excluding hydrogens is 250 g/mol. The lowest BCUT2D eigenvalue weighted by Crippen LogP contribution is -1.97. The smallest absolute Gasteiger partial charge is 0.0826 e. The van der Waals surface area contributed by atoms with Crippen molar-refractivity contribution < 1.29 is 0 Å². The fourth-order valence-electron chi connectivity index (χ4n) is 1.79. The van der Waals surface area contributed by atoms with Crippen LogP contribution in [0.1, 0.15) is 11.1 Å². The van der Waals surface area contributed by atoms with Crippen molar-refractivity contribution in [2.24, 2.45) is 0 Å². The number of rotatable bonds is 0. The maximum Gasteiger partial charge on any atom is 0.0826 e. The average Bonchev–Trinajstić information content (AvgIpc) is 2.77. The van der Waals surface area contributed by atoms with E-state index in [2.05, 4.69) is 29.2 Å². The van der Waals surface area contributed by atoms with Gasteiger partial charge >= 0.3 is 0 Å². The van der Waals surface area contributed by atoms with Crippen molar-refractivity contribution in [2.75, 3.05) is 0 Å². The fraction of sp³-hybridized carbons (Fsp3) is 0.0714. The van der Waals surface area contributed by atoms with E-state index >= 15 is 0 Å². The van der Waals surface area contributed by atoms with Gasteiger partial charge in [-0.1, -0.05) is 35.9 Å². The van der Waals surface area contributed by atoms with Crippen LogP contribution in [0.25, 0.3) is 10.2 Å². The van der Waals surface area contributed by atoms with Crippen molar-refractivity contribution in [3.63, 3.8) is 0 Å². The topological polar surface area (TPSA) is 12.9 Å². The average molecular weight is 260 g/mol. The highest BCUT2D eigenvalue weighted by Crippen LogP contribution is 2.21. The van der Waals surface area contributed by atoms with Crippen LogP contribution in [0.4, 0.5) is 0 Å². The van der Waals surface area contributed by atoms with Gasteiger partial charge in [0, 0.05) is 5.02 Å². The first kappa shape index (κ1) is 10.8. The van der Waals surface area contributed by atoms with E-state index in [1.807, 2.05) is 23.7 Å². The standard InChI is InChI=1S/C7H4ClNS.C7H6/c8-5-1-2-7-6(3-5)9-4-10-7;1-2-6-4-7(3-1)5-6/h1-4H;1-4H,5H2. The molecule has 0 atom stereocenters. The Hall–Kier alpha value is -1.38. The molecule has 0 radical (unpaired) electrons. The van der Waals surface area contributed by atoms with Crippen LogP contribution in [0.3, 0.4) is 0 Å².